The maximum Gasteiger partial charge on any atom is 0.236 e. The number of ether oxygens (including phenoxy) is 2. The van der Waals surface area contributed by atoms with Gasteiger partial charge in [-0.15, -0.1) is 0 Å². The monoisotopic (exact) mass is 301 g/mol. The molecule has 3 N–H and O–H groups in total. The van der Waals surface area contributed by atoms with E-state index in [-0.39, 0.29) is 5.91 Å². The molecule has 0 spiro atoms. The van der Waals surface area contributed by atoms with Gasteiger partial charge in [0, 0.05) is 24.9 Å². The minimum absolute atomic E-state index is 0.197. The Kier molecular flexibility index (Phi) is 5.32. The molecule has 0 radical (unpaired) electrons. The second-order valence-electron chi connectivity index (χ2n) is 4.79. The van der Waals surface area contributed by atoms with Gasteiger partial charge in [-0.2, -0.15) is 0 Å². The number of hydrogen-bond acceptors (Lipinski definition) is 5. The fraction of sp³-hybridized carbons (Fsp3) is 0.250. The molecular formula is C16H19N3O3. The third kappa shape index (κ3) is 4.46. The maximum atomic E-state index is 11.4. The van der Waals surface area contributed by atoms with E-state index in [1.54, 1.807) is 32.4 Å². The first kappa shape index (κ1) is 15.8. The van der Waals surface area contributed by atoms with Crippen LogP contribution < -0.4 is 20.5 Å². The Balaban J connectivity index is 1.95. The van der Waals surface area contributed by atoms with Crippen LogP contribution in [0, 0.1) is 0 Å². The number of nitrogens with two attached hydrogens (primary N) is 1. The first-order valence-electron chi connectivity index (χ1n) is 6.88. The van der Waals surface area contributed by atoms with Gasteiger partial charge in [-0.05, 0) is 24.6 Å². The summed E-state index contributed by atoms with van der Waals surface area (Å²) >= 11 is 0. The van der Waals surface area contributed by atoms with Gasteiger partial charge in [-0.25, -0.2) is 4.98 Å². The van der Waals surface area contributed by atoms with Crippen LogP contribution in [-0.4, -0.2) is 24.0 Å². The van der Waals surface area contributed by atoms with Gasteiger partial charge in [-0.1, -0.05) is 12.1 Å². The minimum atomic E-state index is -0.524. The summed E-state index contributed by atoms with van der Waals surface area (Å²) in [6, 6.07) is 10.3. The summed E-state index contributed by atoms with van der Waals surface area (Å²) in [7, 11) is 1.60. The van der Waals surface area contributed by atoms with Crippen LogP contribution in [0.3, 0.4) is 0 Å². The van der Waals surface area contributed by atoms with E-state index in [1.807, 2.05) is 24.3 Å². The fourth-order valence-corrected chi connectivity index (χ4v) is 1.71. The highest BCUT2D eigenvalue weighted by Crippen LogP contribution is 2.23. The van der Waals surface area contributed by atoms with Gasteiger partial charge in [0.2, 0.25) is 11.8 Å². The van der Waals surface area contributed by atoms with E-state index in [9.17, 15) is 4.79 Å². The Hall–Kier alpha value is -2.60. The van der Waals surface area contributed by atoms with E-state index >= 15 is 0 Å². The van der Waals surface area contributed by atoms with Gasteiger partial charge in [0.15, 0.2) is 0 Å². The molecule has 0 saturated carbocycles. The second-order valence-corrected chi connectivity index (χ2v) is 4.79. The summed E-state index contributed by atoms with van der Waals surface area (Å²) in [5, 5.41) is 2.72. The molecule has 0 saturated heterocycles. The van der Waals surface area contributed by atoms with Crippen LogP contribution in [0.25, 0.3) is 0 Å². The molecule has 1 aromatic heterocycles. The largest absolute Gasteiger partial charge is 0.497 e. The Bertz CT molecular complexity index is 627. The number of aromatic nitrogens is 1. The molecule has 6 heteroatoms. The molecule has 0 bridgehead atoms. The number of methoxy groups -OCH3 is 1. The van der Waals surface area contributed by atoms with Crippen molar-refractivity contribution in [3.8, 4) is 17.4 Å². The van der Waals surface area contributed by atoms with Gasteiger partial charge in [0.05, 0.1) is 13.2 Å². The van der Waals surface area contributed by atoms with Crippen molar-refractivity contribution in [1.82, 2.24) is 10.3 Å². The first-order valence-corrected chi connectivity index (χ1v) is 6.88. The van der Waals surface area contributed by atoms with Gasteiger partial charge < -0.3 is 20.5 Å². The van der Waals surface area contributed by atoms with Crippen LogP contribution in [0.5, 0.6) is 17.4 Å². The third-order valence-corrected chi connectivity index (χ3v) is 2.94. The molecule has 0 aliphatic rings. The number of carbonyl (C=O) groups is 1. The van der Waals surface area contributed by atoms with Crippen molar-refractivity contribution >= 4 is 5.91 Å². The van der Waals surface area contributed by atoms with Crippen molar-refractivity contribution in [1.29, 1.82) is 0 Å². The standard InChI is InChI=1S/C16H19N3O3/c1-11(17)16(20)19-10-12-6-7-15(18-9-12)22-14-5-3-4-13(8-14)21-2/h3-9,11H,10,17H2,1-2H3,(H,19,20)/t11-/m1/s1. The number of nitrogens with one attached hydrogen (secondary N) is 1. The Morgan fingerprint density at radius 2 is 2.09 bits per heavy atom. The Morgan fingerprint density at radius 3 is 2.73 bits per heavy atom. The van der Waals surface area contributed by atoms with Gasteiger partial charge in [-0.3, -0.25) is 4.79 Å². The topological polar surface area (TPSA) is 86.5 Å². The molecule has 2 aromatic rings. The summed E-state index contributed by atoms with van der Waals surface area (Å²) in [5.74, 6) is 1.63. The predicted molar refractivity (Wildman–Crippen MR) is 82.8 cm³/mol. The fourth-order valence-electron chi connectivity index (χ4n) is 1.71. The maximum absolute atomic E-state index is 11.4. The molecule has 6 nitrogen and oxygen atoms in total. The van der Waals surface area contributed by atoms with Crippen LogP contribution in [0.1, 0.15) is 12.5 Å². The summed E-state index contributed by atoms with van der Waals surface area (Å²) in [6.45, 7) is 2.02. The molecule has 0 aliphatic carbocycles. The smallest absolute Gasteiger partial charge is 0.236 e. The van der Waals surface area contributed by atoms with E-state index in [0.717, 1.165) is 5.56 Å². The van der Waals surface area contributed by atoms with Crippen LogP contribution in [0.4, 0.5) is 0 Å². The number of benzene rings is 1. The number of amides is 1. The molecule has 0 unspecified atom stereocenters. The van der Waals surface area contributed by atoms with Crippen molar-refractivity contribution in [3.63, 3.8) is 0 Å². The lowest BCUT2D eigenvalue weighted by atomic mass is 10.2. The summed E-state index contributed by atoms with van der Waals surface area (Å²) < 4.78 is 10.8. The molecular weight excluding hydrogens is 282 g/mol. The number of rotatable bonds is 6. The molecule has 22 heavy (non-hydrogen) atoms. The number of nitrogens with zero attached hydrogens (tertiary/aromatic N) is 1. The molecule has 116 valence electrons. The number of hydrogen-bond donors (Lipinski definition) is 2. The lowest BCUT2D eigenvalue weighted by Gasteiger charge is -2.09. The molecule has 1 atom stereocenters. The van der Waals surface area contributed by atoms with Crippen LogP contribution in [-0.2, 0) is 11.3 Å². The highest BCUT2D eigenvalue weighted by Gasteiger charge is 2.06. The van der Waals surface area contributed by atoms with Crippen molar-refractivity contribution in [2.75, 3.05) is 7.11 Å². The molecule has 0 aliphatic heterocycles. The highest BCUT2D eigenvalue weighted by atomic mass is 16.5. The summed E-state index contributed by atoms with van der Waals surface area (Å²) in [6.07, 6.45) is 1.65. The van der Waals surface area contributed by atoms with E-state index in [4.69, 9.17) is 15.2 Å². The lowest BCUT2D eigenvalue weighted by Crippen LogP contribution is -2.37. The van der Waals surface area contributed by atoms with Crippen LogP contribution in [0.2, 0.25) is 0 Å². The third-order valence-electron chi connectivity index (χ3n) is 2.94. The zero-order valence-corrected chi connectivity index (χ0v) is 12.6. The zero-order chi connectivity index (χ0) is 15.9. The Labute approximate surface area is 129 Å². The second kappa shape index (κ2) is 7.42. The van der Waals surface area contributed by atoms with E-state index < -0.39 is 6.04 Å². The average Bonchev–Trinajstić information content (AvgIpc) is 2.54. The minimum Gasteiger partial charge on any atom is -0.497 e. The lowest BCUT2D eigenvalue weighted by molar-refractivity contribution is -0.122. The molecule has 1 amide bonds. The van der Waals surface area contributed by atoms with Crippen molar-refractivity contribution < 1.29 is 14.3 Å². The van der Waals surface area contributed by atoms with E-state index in [1.165, 1.54) is 0 Å². The number of carbonyl (C=O) groups excluding carboxylic acids is 1. The molecule has 2 rings (SSSR count). The first-order chi connectivity index (χ1) is 10.6. The van der Waals surface area contributed by atoms with Gasteiger partial charge >= 0.3 is 0 Å². The predicted octanol–water partition coefficient (Wildman–Crippen LogP) is 1.85. The quantitative estimate of drug-likeness (QED) is 0.850. The summed E-state index contributed by atoms with van der Waals surface area (Å²) in [4.78, 5) is 15.6. The molecule has 1 aromatic carbocycles. The highest BCUT2D eigenvalue weighted by molar-refractivity contribution is 5.80. The van der Waals surface area contributed by atoms with Crippen molar-refractivity contribution in [2.45, 2.75) is 19.5 Å². The SMILES string of the molecule is COc1cccc(Oc2ccc(CNC(=O)[C@@H](C)N)cn2)c1. The van der Waals surface area contributed by atoms with Gasteiger partial charge in [0.25, 0.3) is 0 Å². The summed E-state index contributed by atoms with van der Waals surface area (Å²) in [5.41, 5.74) is 6.34. The Morgan fingerprint density at radius 1 is 1.32 bits per heavy atom. The molecule has 1 heterocycles. The zero-order valence-electron chi connectivity index (χ0n) is 12.6. The van der Waals surface area contributed by atoms with E-state index in [2.05, 4.69) is 10.3 Å². The van der Waals surface area contributed by atoms with Crippen LogP contribution >= 0.6 is 0 Å². The van der Waals surface area contributed by atoms with Crippen molar-refractivity contribution in [3.05, 3.63) is 48.2 Å². The van der Waals surface area contributed by atoms with E-state index in [0.29, 0.717) is 23.9 Å². The number of pyridine rings is 1. The van der Waals surface area contributed by atoms with Crippen LogP contribution in [0.15, 0.2) is 42.6 Å². The normalized spacial score (nSPS) is 11.6. The van der Waals surface area contributed by atoms with Crippen molar-refractivity contribution in [2.24, 2.45) is 5.73 Å². The average molecular weight is 301 g/mol. The molecule has 0 fully saturated rings. The van der Waals surface area contributed by atoms with Gasteiger partial charge in [0.1, 0.15) is 11.5 Å².